The van der Waals surface area contributed by atoms with Gasteiger partial charge in [-0.1, -0.05) is 41.9 Å². The number of anilines is 2. The Hall–Kier alpha value is -3.58. The summed E-state index contributed by atoms with van der Waals surface area (Å²) in [6.45, 7) is 5.80. The van der Waals surface area contributed by atoms with Crippen LogP contribution in [0.1, 0.15) is 29.8 Å². The van der Waals surface area contributed by atoms with Crippen molar-refractivity contribution in [1.29, 1.82) is 0 Å². The van der Waals surface area contributed by atoms with Crippen LogP contribution in [0.25, 0.3) is 11.0 Å². The highest BCUT2D eigenvalue weighted by Crippen LogP contribution is 2.29. The third-order valence-electron chi connectivity index (χ3n) is 5.35. The lowest BCUT2D eigenvalue weighted by atomic mass is 10.1. The van der Waals surface area contributed by atoms with Crippen LogP contribution in [-0.2, 0) is 11.8 Å². The number of aryl methyl sites for hydroxylation is 3. The summed E-state index contributed by atoms with van der Waals surface area (Å²) in [4.78, 5) is 17.0. The van der Waals surface area contributed by atoms with E-state index in [9.17, 15) is 4.79 Å². The second-order valence-corrected chi connectivity index (χ2v) is 8.42. The van der Waals surface area contributed by atoms with Crippen LogP contribution in [0.3, 0.4) is 0 Å². The molecule has 1 amide bonds. The number of aromatic nitrogens is 3. The van der Waals surface area contributed by atoms with Crippen molar-refractivity contribution in [3.8, 4) is 5.88 Å². The van der Waals surface area contributed by atoms with Crippen molar-refractivity contribution < 1.29 is 9.53 Å². The minimum atomic E-state index is -0.305. The highest BCUT2D eigenvalue weighted by Gasteiger charge is 2.16. The summed E-state index contributed by atoms with van der Waals surface area (Å²) in [6, 6.07) is 17.5. The number of pyridine rings is 1. The lowest BCUT2D eigenvalue weighted by Crippen LogP contribution is -2.20. The maximum atomic E-state index is 12.5. The highest BCUT2D eigenvalue weighted by molar-refractivity contribution is 6.33. The van der Waals surface area contributed by atoms with Crippen molar-refractivity contribution in [3.05, 3.63) is 76.4 Å². The van der Waals surface area contributed by atoms with Gasteiger partial charge in [-0.05, 0) is 56.2 Å². The Labute approximate surface area is 197 Å². The molecule has 4 rings (SSSR count). The van der Waals surface area contributed by atoms with Crippen LogP contribution in [0.15, 0.2) is 54.6 Å². The summed E-state index contributed by atoms with van der Waals surface area (Å²) in [6.07, 6.45) is 0. The van der Waals surface area contributed by atoms with E-state index in [1.807, 2.05) is 44.2 Å². The van der Waals surface area contributed by atoms with Gasteiger partial charge in [-0.3, -0.25) is 4.79 Å². The van der Waals surface area contributed by atoms with Gasteiger partial charge in [0.15, 0.2) is 12.3 Å². The van der Waals surface area contributed by atoms with Gasteiger partial charge in [0.1, 0.15) is 0 Å². The molecule has 2 aromatic carbocycles. The van der Waals surface area contributed by atoms with Crippen molar-refractivity contribution in [2.45, 2.75) is 26.8 Å². The number of amides is 1. The first kappa shape index (κ1) is 22.6. The van der Waals surface area contributed by atoms with Crippen molar-refractivity contribution in [2.75, 3.05) is 17.2 Å². The fourth-order valence-corrected chi connectivity index (χ4v) is 3.98. The fourth-order valence-electron chi connectivity index (χ4n) is 3.75. The molecule has 0 saturated carbocycles. The number of hydrogen-bond acceptors (Lipinski definition) is 5. The molecule has 0 radical (unpaired) electrons. The Morgan fingerprint density at radius 2 is 1.91 bits per heavy atom. The minimum Gasteiger partial charge on any atom is -0.466 e. The van der Waals surface area contributed by atoms with Gasteiger partial charge in [0.25, 0.3) is 5.91 Å². The molecule has 0 aliphatic rings. The zero-order valence-corrected chi connectivity index (χ0v) is 19.8. The van der Waals surface area contributed by atoms with E-state index in [1.54, 1.807) is 23.9 Å². The minimum absolute atomic E-state index is 0.0903. The van der Waals surface area contributed by atoms with E-state index >= 15 is 0 Å². The summed E-state index contributed by atoms with van der Waals surface area (Å²) >= 11 is 6.45. The van der Waals surface area contributed by atoms with Crippen molar-refractivity contribution in [1.82, 2.24) is 14.8 Å². The molecule has 0 aliphatic carbocycles. The van der Waals surface area contributed by atoms with E-state index in [0.717, 1.165) is 33.5 Å². The second-order valence-electron chi connectivity index (χ2n) is 8.02. The van der Waals surface area contributed by atoms with E-state index in [-0.39, 0.29) is 18.6 Å². The number of benzene rings is 2. The zero-order chi connectivity index (χ0) is 23.5. The Morgan fingerprint density at radius 3 is 2.64 bits per heavy atom. The molecule has 0 bridgehead atoms. The van der Waals surface area contributed by atoms with Crippen molar-refractivity contribution in [2.24, 2.45) is 7.05 Å². The molecule has 4 aromatic rings. The fraction of sp³-hybridized carbons (Fsp3) is 0.240. The third-order valence-corrected chi connectivity index (χ3v) is 5.66. The molecule has 170 valence electrons. The molecular formula is C25H26ClN5O2. The summed E-state index contributed by atoms with van der Waals surface area (Å²) in [5, 5.41) is 11.9. The van der Waals surface area contributed by atoms with Crippen LogP contribution in [0.4, 0.5) is 11.4 Å². The lowest BCUT2D eigenvalue weighted by Gasteiger charge is -2.17. The smallest absolute Gasteiger partial charge is 0.262 e. The molecule has 8 heteroatoms. The lowest BCUT2D eigenvalue weighted by molar-refractivity contribution is -0.118. The van der Waals surface area contributed by atoms with Crippen LogP contribution in [-0.4, -0.2) is 27.3 Å². The summed E-state index contributed by atoms with van der Waals surface area (Å²) in [7, 11) is 1.80. The Balaban J connectivity index is 1.39. The Kier molecular flexibility index (Phi) is 6.51. The number of nitrogens with zero attached hydrogens (tertiary/aromatic N) is 3. The van der Waals surface area contributed by atoms with Gasteiger partial charge < -0.3 is 15.4 Å². The van der Waals surface area contributed by atoms with Crippen LogP contribution in [0.5, 0.6) is 5.88 Å². The third kappa shape index (κ3) is 5.09. The largest absolute Gasteiger partial charge is 0.466 e. The molecular weight excluding hydrogens is 438 g/mol. The predicted molar refractivity (Wildman–Crippen MR) is 132 cm³/mol. The first-order valence-corrected chi connectivity index (χ1v) is 11.0. The van der Waals surface area contributed by atoms with Crippen LogP contribution in [0, 0.1) is 13.8 Å². The van der Waals surface area contributed by atoms with Gasteiger partial charge in [-0.2, -0.15) is 0 Å². The van der Waals surface area contributed by atoms with Crippen LogP contribution in [0.2, 0.25) is 5.02 Å². The molecule has 7 nitrogen and oxygen atoms in total. The zero-order valence-electron chi connectivity index (χ0n) is 19.0. The normalized spacial score (nSPS) is 11.9. The molecule has 2 aromatic heterocycles. The average molecular weight is 464 g/mol. The molecule has 0 aliphatic heterocycles. The molecule has 1 atom stereocenters. The van der Waals surface area contributed by atoms with Gasteiger partial charge >= 0.3 is 0 Å². The molecule has 2 heterocycles. The second kappa shape index (κ2) is 9.50. The van der Waals surface area contributed by atoms with Crippen LogP contribution < -0.4 is 15.4 Å². The summed E-state index contributed by atoms with van der Waals surface area (Å²) in [5.41, 5.74) is 5.17. The number of rotatable bonds is 7. The van der Waals surface area contributed by atoms with Crippen molar-refractivity contribution >= 4 is 39.9 Å². The first-order chi connectivity index (χ1) is 15.8. The SMILES string of the molecule is Cc1cc(C)c2c(OCC(=O)Nc3ccc(NC(C)c4ccccc4)c(Cl)c3)nn(C)c2n1. The quantitative estimate of drug-likeness (QED) is 0.382. The average Bonchev–Trinajstić information content (AvgIpc) is 3.10. The first-order valence-electron chi connectivity index (χ1n) is 10.7. The molecule has 33 heavy (non-hydrogen) atoms. The topological polar surface area (TPSA) is 81.1 Å². The summed E-state index contributed by atoms with van der Waals surface area (Å²) < 4.78 is 7.38. The number of fused-ring (bicyclic) bond motifs is 1. The van der Waals surface area contributed by atoms with E-state index < -0.39 is 0 Å². The standard InChI is InChI=1S/C25H26ClN5O2/c1-15-12-16(2)27-24-23(15)25(30-31(24)4)33-14-22(32)29-19-10-11-21(20(26)13-19)28-17(3)18-8-6-5-7-9-18/h5-13,17,28H,14H2,1-4H3,(H,29,32). The molecule has 2 N–H and O–H groups in total. The number of nitrogens with one attached hydrogen (secondary N) is 2. The van der Waals surface area contributed by atoms with Gasteiger partial charge in [-0.25, -0.2) is 9.67 Å². The van der Waals surface area contributed by atoms with Crippen molar-refractivity contribution in [3.63, 3.8) is 0 Å². The summed E-state index contributed by atoms with van der Waals surface area (Å²) in [5.74, 6) is 0.0843. The number of ether oxygens (including phenoxy) is 1. The van der Waals surface area contributed by atoms with E-state index in [0.29, 0.717) is 16.6 Å². The van der Waals surface area contributed by atoms with E-state index in [1.165, 1.54) is 0 Å². The maximum absolute atomic E-state index is 12.5. The predicted octanol–water partition coefficient (Wildman–Crippen LogP) is 5.43. The van der Waals surface area contributed by atoms with Gasteiger partial charge in [0.05, 0.1) is 16.1 Å². The number of carbonyl (C=O) groups is 1. The monoisotopic (exact) mass is 463 g/mol. The van der Waals surface area contributed by atoms with Gasteiger partial charge in [-0.15, -0.1) is 5.10 Å². The van der Waals surface area contributed by atoms with Gasteiger partial charge in [0, 0.05) is 24.5 Å². The van der Waals surface area contributed by atoms with E-state index in [2.05, 4.69) is 39.8 Å². The van der Waals surface area contributed by atoms with Gasteiger partial charge in [0.2, 0.25) is 5.88 Å². The van der Waals surface area contributed by atoms with E-state index in [4.69, 9.17) is 16.3 Å². The highest BCUT2D eigenvalue weighted by atomic mass is 35.5. The Morgan fingerprint density at radius 1 is 1.15 bits per heavy atom. The maximum Gasteiger partial charge on any atom is 0.262 e. The number of halogens is 1. The molecule has 0 spiro atoms. The molecule has 0 fully saturated rings. The molecule has 0 saturated heterocycles. The Bertz CT molecular complexity index is 1300. The number of carbonyl (C=O) groups excluding carboxylic acids is 1. The molecule has 1 unspecified atom stereocenters. The van der Waals surface area contributed by atoms with Crippen LogP contribution >= 0.6 is 11.6 Å². The number of hydrogen-bond donors (Lipinski definition) is 2.